The van der Waals surface area contributed by atoms with Crippen molar-refractivity contribution in [1.82, 2.24) is 10.2 Å². The zero-order valence-corrected chi connectivity index (χ0v) is 12.3. The zero-order valence-electron chi connectivity index (χ0n) is 12.3. The van der Waals surface area contributed by atoms with Gasteiger partial charge in [0.25, 0.3) is 0 Å². The highest BCUT2D eigenvalue weighted by atomic mass is 16.2. The maximum atomic E-state index is 12.5. The number of piperidine rings is 1. The lowest BCUT2D eigenvalue weighted by Crippen LogP contribution is -2.45. The molecule has 0 bridgehead atoms. The third kappa shape index (κ3) is 2.87. The Morgan fingerprint density at radius 1 is 1.17 bits per heavy atom. The van der Waals surface area contributed by atoms with Crippen LogP contribution < -0.4 is 5.32 Å². The highest BCUT2D eigenvalue weighted by Crippen LogP contribution is 2.34. The van der Waals surface area contributed by atoms with Gasteiger partial charge in [0, 0.05) is 19.6 Å². The van der Waals surface area contributed by atoms with Gasteiger partial charge in [-0.25, -0.2) is 0 Å². The fourth-order valence-corrected chi connectivity index (χ4v) is 3.34. The van der Waals surface area contributed by atoms with E-state index in [2.05, 4.69) is 37.9 Å². The van der Waals surface area contributed by atoms with Crippen molar-refractivity contribution in [2.75, 3.05) is 26.2 Å². The summed E-state index contributed by atoms with van der Waals surface area (Å²) in [6.45, 7) is 12.9. The molecular formula is C15H28N2O. The van der Waals surface area contributed by atoms with Crippen molar-refractivity contribution in [1.29, 1.82) is 0 Å². The van der Waals surface area contributed by atoms with Crippen LogP contribution >= 0.6 is 0 Å². The van der Waals surface area contributed by atoms with Crippen LogP contribution in [0.4, 0.5) is 0 Å². The van der Waals surface area contributed by atoms with Crippen LogP contribution in [-0.4, -0.2) is 37.0 Å². The molecule has 2 atom stereocenters. The molecule has 1 N–H and O–H groups in total. The van der Waals surface area contributed by atoms with Crippen molar-refractivity contribution < 1.29 is 4.79 Å². The topological polar surface area (TPSA) is 32.3 Å². The predicted molar refractivity (Wildman–Crippen MR) is 74.3 cm³/mol. The average molecular weight is 252 g/mol. The molecule has 0 aromatic heterocycles. The van der Waals surface area contributed by atoms with Gasteiger partial charge in [0.05, 0.1) is 5.92 Å². The summed E-state index contributed by atoms with van der Waals surface area (Å²) in [7, 11) is 0. The molecule has 18 heavy (non-hydrogen) atoms. The normalized spacial score (nSPS) is 30.8. The predicted octanol–water partition coefficient (Wildman–Crippen LogP) is 2.13. The van der Waals surface area contributed by atoms with Gasteiger partial charge in [0.1, 0.15) is 0 Å². The number of nitrogens with one attached hydrogen (secondary N) is 1. The number of hydrogen-bond donors (Lipinski definition) is 1. The van der Waals surface area contributed by atoms with Crippen LogP contribution in [0.1, 0.15) is 40.5 Å². The number of rotatable bonds is 1. The molecule has 3 heteroatoms. The molecule has 3 nitrogen and oxygen atoms in total. The van der Waals surface area contributed by atoms with Crippen LogP contribution in [0.5, 0.6) is 0 Å². The Hall–Kier alpha value is -0.570. The number of likely N-dealkylation sites (tertiary alicyclic amines) is 1. The van der Waals surface area contributed by atoms with Crippen molar-refractivity contribution in [2.24, 2.45) is 23.2 Å². The summed E-state index contributed by atoms with van der Waals surface area (Å²) in [4.78, 5) is 14.6. The third-order valence-corrected chi connectivity index (χ3v) is 4.87. The Balaban J connectivity index is 1.88. The lowest BCUT2D eigenvalue weighted by atomic mass is 9.75. The maximum Gasteiger partial charge on any atom is 0.227 e. The molecule has 0 aromatic rings. The van der Waals surface area contributed by atoms with E-state index in [0.717, 1.165) is 32.1 Å². The molecule has 2 heterocycles. The Kier molecular flexibility index (Phi) is 4.00. The smallest absolute Gasteiger partial charge is 0.227 e. The van der Waals surface area contributed by atoms with E-state index >= 15 is 0 Å². The molecule has 2 rings (SSSR count). The van der Waals surface area contributed by atoms with Gasteiger partial charge in [-0.2, -0.15) is 0 Å². The van der Waals surface area contributed by atoms with Crippen molar-refractivity contribution in [3.63, 3.8) is 0 Å². The second-order valence-corrected chi connectivity index (χ2v) is 7.21. The van der Waals surface area contributed by atoms with Crippen LogP contribution in [-0.2, 0) is 4.79 Å². The molecule has 0 aliphatic carbocycles. The Morgan fingerprint density at radius 3 is 2.22 bits per heavy atom. The molecule has 2 fully saturated rings. The van der Waals surface area contributed by atoms with Gasteiger partial charge in [-0.05, 0) is 36.6 Å². The van der Waals surface area contributed by atoms with Crippen LogP contribution in [0, 0.1) is 23.2 Å². The van der Waals surface area contributed by atoms with E-state index in [0.29, 0.717) is 17.2 Å². The first kappa shape index (κ1) is 13.9. The number of nitrogens with zero attached hydrogens (tertiary/aromatic N) is 1. The minimum atomic E-state index is 0.219. The average Bonchev–Trinajstić information content (AvgIpc) is 2.73. The summed E-state index contributed by atoms with van der Waals surface area (Å²) in [5.74, 6) is 1.87. The highest BCUT2D eigenvalue weighted by Gasteiger charge is 2.36. The minimum absolute atomic E-state index is 0.219. The molecule has 0 spiro atoms. The second kappa shape index (κ2) is 5.20. The van der Waals surface area contributed by atoms with E-state index in [1.165, 1.54) is 12.8 Å². The van der Waals surface area contributed by atoms with E-state index in [1.54, 1.807) is 0 Å². The fourth-order valence-electron chi connectivity index (χ4n) is 3.34. The van der Waals surface area contributed by atoms with E-state index < -0.39 is 0 Å². The molecule has 0 aromatic carbocycles. The fraction of sp³-hybridized carbons (Fsp3) is 0.933. The summed E-state index contributed by atoms with van der Waals surface area (Å²) in [6, 6.07) is 0. The minimum Gasteiger partial charge on any atom is -0.342 e. The lowest BCUT2D eigenvalue weighted by Gasteiger charge is -2.39. The van der Waals surface area contributed by atoms with Gasteiger partial charge in [-0.3, -0.25) is 4.79 Å². The van der Waals surface area contributed by atoms with Crippen molar-refractivity contribution in [3.05, 3.63) is 0 Å². The van der Waals surface area contributed by atoms with E-state index in [1.807, 2.05) is 0 Å². The van der Waals surface area contributed by atoms with Crippen molar-refractivity contribution in [3.8, 4) is 0 Å². The molecule has 104 valence electrons. The van der Waals surface area contributed by atoms with Crippen LogP contribution in [0.2, 0.25) is 0 Å². The summed E-state index contributed by atoms with van der Waals surface area (Å²) >= 11 is 0. The molecule has 0 radical (unpaired) electrons. The van der Waals surface area contributed by atoms with E-state index in [9.17, 15) is 4.79 Å². The van der Waals surface area contributed by atoms with Gasteiger partial charge in [-0.1, -0.05) is 27.7 Å². The number of carbonyl (C=O) groups is 1. The summed E-state index contributed by atoms with van der Waals surface area (Å²) in [5, 5.41) is 3.33. The van der Waals surface area contributed by atoms with E-state index in [4.69, 9.17) is 0 Å². The standard InChI is InChI=1S/C15H28N2O/c1-11-9-16-10-13(11)14(18)17-7-5-12(6-8-17)15(2,3)4/h11-13,16H,5-10H2,1-4H3. The van der Waals surface area contributed by atoms with Crippen LogP contribution in [0.3, 0.4) is 0 Å². The highest BCUT2D eigenvalue weighted by molar-refractivity contribution is 5.79. The molecule has 0 saturated carbocycles. The molecule has 2 aliphatic rings. The van der Waals surface area contributed by atoms with Gasteiger partial charge >= 0.3 is 0 Å². The second-order valence-electron chi connectivity index (χ2n) is 7.21. The van der Waals surface area contributed by atoms with Crippen LogP contribution in [0.25, 0.3) is 0 Å². The Morgan fingerprint density at radius 2 is 1.78 bits per heavy atom. The van der Waals surface area contributed by atoms with Gasteiger partial charge in [-0.15, -0.1) is 0 Å². The van der Waals surface area contributed by atoms with Crippen molar-refractivity contribution >= 4 is 5.91 Å². The quantitative estimate of drug-likeness (QED) is 0.775. The zero-order chi connectivity index (χ0) is 13.3. The van der Waals surface area contributed by atoms with E-state index in [-0.39, 0.29) is 5.92 Å². The SMILES string of the molecule is CC1CNCC1C(=O)N1CCC(C(C)(C)C)CC1. The largest absolute Gasteiger partial charge is 0.342 e. The molecule has 2 unspecified atom stereocenters. The maximum absolute atomic E-state index is 12.5. The van der Waals surface area contributed by atoms with Gasteiger partial charge in [0.2, 0.25) is 5.91 Å². The Labute approximate surface area is 111 Å². The third-order valence-electron chi connectivity index (χ3n) is 4.87. The first-order valence-corrected chi connectivity index (χ1v) is 7.39. The molecule has 2 aliphatic heterocycles. The van der Waals surface area contributed by atoms with Crippen LogP contribution in [0.15, 0.2) is 0 Å². The first-order valence-electron chi connectivity index (χ1n) is 7.39. The molecule has 2 saturated heterocycles. The summed E-state index contributed by atoms with van der Waals surface area (Å²) < 4.78 is 0. The number of hydrogen-bond acceptors (Lipinski definition) is 2. The van der Waals surface area contributed by atoms with Gasteiger partial charge in [0.15, 0.2) is 0 Å². The molecule has 1 amide bonds. The summed E-state index contributed by atoms with van der Waals surface area (Å²) in [6.07, 6.45) is 2.34. The lowest BCUT2D eigenvalue weighted by molar-refractivity contribution is -0.137. The first-order chi connectivity index (χ1) is 8.39. The molecular weight excluding hydrogens is 224 g/mol. The van der Waals surface area contributed by atoms with Crippen molar-refractivity contribution in [2.45, 2.75) is 40.5 Å². The summed E-state index contributed by atoms with van der Waals surface area (Å²) in [5.41, 5.74) is 0.386. The number of carbonyl (C=O) groups excluding carboxylic acids is 1. The monoisotopic (exact) mass is 252 g/mol. The number of amides is 1. The Bertz CT molecular complexity index is 300. The van der Waals surface area contributed by atoms with Gasteiger partial charge < -0.3 is 10.2 Å².